The van der Waals surface area contributed by atoms with Crippen molar-refractivity contribution >= 4 is 34.8 Å². The Morgan fingerprint density at radius 2 is 1.69 bits per heavy atom. The van der Waals surface area contributed by atoms with Gasteiger partial charge in [-0.25, -0.2) is 5.01 Å². The molecule has 2 atom stereocenters. The molecule has 5 aliphatic rings. The van der Waals surface area contributed by atoms with E-state index in [1.165, 1.54) is 32.1 Å². The maximum absolute atomic E-state index is 13.2. The highest BCUT2D eigenvalue weighted by Gasteiger charge is 2.63. The number of halogens is 2. The maximum atomic E-state index is 13.2. The second kappa shape index (κ2) is 5.32. The molecule has 1 saturated heterocycles. The lowest BCUT2D eigenvalue weighted by Gasteiger charge is -2.67. The topological polar surface area (TPSA) is 23.6 Å². The zero-order valence-corrected chi connectivity index (χ0v) is 17.1. The van der Waals surface area contributed by atoms with Crippen LogP contribution in [-0.2, 0) is 4.79 Å². The quantitative estimate of drug-likeness (QED) is 0.658. The van der Waals surface area contributed by atoms with Crippen molar-refractivity contribution < 1.29 is 4.79 Å². The highest BCUT2D eigenvalue weighted by atomic mass is 35.5. The zero-order valence-electron chi connectivity index (χ0n) is 15.6. The van der Waals surface area contributed by atoms with Crippen LogP contribution in [0.4, 0.5) is 5.69 Å². The van der Waals surface area contributed by atoms with Gasteiger partial charge in [-0.1, -0.05) is 36.2 Å². The van der Waals surface area contributed by atoms with Crippen molar-refractivity contribution in [3.05, 3.63) is 28.2 Å². The van der Waals surface area contributed by atoms with E-state index in [2.05, 4.69) is 11.9 Å². The minimum Gasteiger partial charge on any atom is -0.270 e. The Balaban J connectivity index is 1.54. The van der Waals surface area contributed by atoms with E-state index in [0.29, 0.717) is 33.3 Å². The molecule has 4 aliphatic carbocycles. The van der Waals surface area contributed by atoms with Gasteiger partial charge in [0, 0.05) is 0 Å². The summed E-state index contributed by atoms with van der Waals surface area (Å²) in [5.74, 6) is 2.32. The van der Waals surface area contributed by atoms with Gasteiger partial charge in [-0.05, 0) is 81.3 Å². The molecule has 5 fully saturated rings. The minimum atomic E-state index is -0.577. The predicted octanol–water partition coefficient (Wildman–Crippen LogP) is 5.55. The van der Waals surface area contributed by atoms with Gasteiger partial charge in [0.2, 0.25) is 0 Å². The number of carbonyl (C=O) groups is 1. The van der Waals surface area contributed by atoms with Crippen molar-refractivity contribution in [3.63, 3.8) is 0 Å². The molecule has 140 valence electrons. The Kier molecular flexibility index (Phi) is 3.52. The highest BCUT2D eigenvalue weighted by Crippen LogP contribution is 2.62. The largest absolute Gasteiger partial charge is 0.270 e. The van der Waals surface area contributed by atoms with Gasteiger partial charge < -0.3 is 0 Å². The van der Waals surface area contributed by atoms with Crippen LogP contribution >= 0.6 is 23.2 Å². The summed E-state index contributed by atoms with van der Waals surface area (Å²) in [5.41, 5.74) is 0.769. The zero-order chi connectivity index (χ0) is 18.4. The van der Waals surface area contributed by atoms with E-state index in [-0.39, 0.29) is 5.91 Å². The molecule has 0 radical (unpaired) electrons. The third-order valence-corrected chi connectivity index (χ3v) is 8.26. The molecular formula is C21H26Cl2N2O. The highest BCUT2D eigenvalue weighted by molar-refractivity contribution is 6.43. The van der Waals surface area contributed by atoms with Crippen molar-refractivity contribution in [1.82, 2.24) is 5.01 Å². The van der Waals surface area contributed by atoms with Gasteiger partial charge in [-0.15, -0.1) is 0 Å². The number of anilines is 1. The summed E-state index contributed by atoms with van der Waals surface area (Å²) in [6.07, 6.45) is 6.45. The Labute approximate surface area is 165 Å². The molecular weight excluding hydrogens is 367 g/mol. The molecule has 26 heavy (non-hydrogen) atoms. The third-order valence-electron chi connectivity index (χ3n) is 7.45. The summed E-state index contributed by atoms with van der Waals surface area (Å²) in [4.78, 5) is 13.2. The number of hydrogen-bond donors (Lipinski definition) is 0. The Bertz CT molecular complexity index is 776. The van der Waals surface area contributed by atoms with E-state index in [1.807, 2.05) is 31.0 Å². The molecule has 1 aromatic carbocycles. The summed E-state index contributed by atoms with van der Waals surface area (Å²) in [6, 6.07) is 6.01. The van der Waals surface area contributed by atoms with Crippen LogP contribution in [0.25, 0.3) is 0 Å². The van der Waals surface area contributed by atoms with Crippen molar-refractivity contribution in [2.45, 2.75) is 64.5 Å². The normalized spacial score (nSPS) is 40.1. The number of hydrazine groups is 1. The van der Waals surface area contributed by atoms with Gasteiger partial charge in [0.15, 0.2) is 0 Å². The Morgan fingerprint density at radius 3 is 2.31 bits per heavy atom. The number of nitrogens with zero attached hydrogens (tertiary/aromatic N) is 2. The summed E-state index contributed by atoms with van der Waals surface area (Å²) in [5, 5.41) is 5.25. The van der Waals surface area contributed by atoms with E-state index in [9.17, 15) is 4.79 Å². The molecule has 1 amide bonds. The number of amides is 1. The number of hydrogen-bond acceptors (Lipinski definition) is 2. The molecule has 0 N–H and O–H groups in total. The van der Waals surface area contributed by atoms with Crippen LogP contribution < -0.4 is 5.01 Å². The first kappa shape index (κ1) is 17.2. The van der Waals surface area contributed by atoms with Crippen LogP contribution in [0.1, 0.15) is 52.9 Å². The van der Waals surface area contributed by atoms with E-state index >= 15 is 0 Å². The summed E-state index contributed by atoms with van der Waals surface area (Å²) in [7, 11) is 0. The monoisotopic (exact) mass is 392 g/mol. The third kappa shape index (κ3) is 2.16. The van der Waals surface area contributed by atoms with Crippen molar-refractivity contribution in [2.75, 3.05) is 5.01 Å². The molecule has 0 spiro atoms. The first-order valence-corrected chi connectivity index (χ1v) is 10.5. The van der Waals surface area contributed by atoms with Crippen molar-refractivity contribution in [2.24, 2.45) is 23.2 Å². The van der Waals surface area contributed by atoms with Crippen molar-refractivity contribution in [1.29, 1.82) is 0 Å². The number of carbonyl (C=O) groups excluding carboxylic acids is 1. The Morgan fingerprint density at radius 1 is 1.04 bits per heavy atom. The molecule has 2 unspecified atom stereocenters. The smallest absolute Gasteiger partial charge is 0.268 e. The number of rotatable bonds is 2. The number of benzene rings is 1. The lowest BCUT2D eigenvalue weighted by molar-refractivity contribution is -0.176. The molecule has 5 heteroatoms. The van der Waals surface area contributed by atoms with E-state index < -0.39 is 5.54 Å². The van der Waals surface area contributed by atoms with Gasteiger partial charge in [0.05, 0.1) is 21.8 Å². The van der Waals surface area contributed by atoms with Crippen LogP contribution in [0.15, 0.2) is 18.2 Å². The molecule has 1 heterocycles. The van der Waals surface area contributed by atoms with Crippen LogP contribution in [0.5, 0.6) is 0 Å². The maximum Gasteiger partial charge on any atom is 0.268 e. The van der Waals surface area contributed by atoms with Crippen LogP contribution in [0, 0.1) is 23.2 Å². The molecule has 0 aromatic heterocycles. The van der Waals surface area contributed by atoms with E-state index in [1.54, 1.807) is 6.07 Å². The fourth-order valence-electron chi connectivity index (χ4n) is 6.83. The Hall–Kier alpha value is -0.930. The molecule has 1 aliphatic heterocycles. The summed E-state index contributed by atoms with van der Waals surface area (Å²) in [6.45, 7) is 6.43. The van der Waals surface area contributed by atoms with Crippen LogP contribution in [0.3, 0.4) is 0 Å². The molecule has 1 aromatic rings. The van der Waals surface area contributed by atoms with E-state index in [4.69, 9.17) is 23.2 Å². The molecule has 3 nitrogen and oxygen atoms in total. The second-order valence-corrected chi connectivity index (χ2v) is 10.6. The first-order chi connectivity index (χ1) is 12.2. The standard InChI is InChI=1S/C21H26Cl2N2O/c1-20(2)19(26)24(25(20)16-6-4-5-15(22)17(16)23)18-13-7-12-8-14(18)11-21(3,9-12)10-13/h4-6,12-14,18H,7-11H2,1-3H3/t12?,13?,14?,18-,21+. The average Bonchev–Trinajstić information content (AvgIpc) is 2.55. The lowest BCUT2D eigenvalue weighted by atomic mass is 9.48. The van der Waals surface area contributed by atoms with Gasteiger partial charge in [0.25, 0.3) is 5.91 Å². The van der Waals surface area contributed by atoms with Crippen molar-refractivity contribution in [3.8, 4) is 0 Å². The van der Waals surface area contributed by atoms with Crippen LogP contribution in [-0.4, -0.2) is 22.5 Å². The fourth-order valence-corrected chi connectivity index (χ4v) is 7.21. The lowest BCUT2D eigenvalue weighted by Crippen LogP contribution is -2.80. The van der Waals surface area contributed by atoms with Gasteiger partial charge in [0.1, 0.15) is 5.54 Å². The predicted molar refractivity (Wildman–Crippen MR) is 105 cm³/mol. The molecule has 4 bridgehead atoms. The molecule has 6 rings (SSSR count). The second-order valence-electron chi connectivity index (χ2n) is 9.86. The summed E-state index contributed by atoms with van der Waals surface area (Å²) >= 11 is 12.8. The van der Waals surface area contributed by atoms with Crippen LogP contribution in [0.2, 0.25) is 10.0 Å². The molecule has 4 saturated carbocycles. The van der Waals surface area contributed by atoms with Gasteiger partial charge in [-0.2, -0.15) is 0 Å². The van der Waals surface area contributed by atoms with E-state index in [0.717, 1.165) is 11.6 Å². The summed E-state index contributed by atoms with van der Waals surface area (Å²) < 4.78 is 0. The van der Waals surface area contributed by atoms with Gasteiger partial charge >= 0.3 is 0 Å². The SMILES string of the molecule is CC1(C)C(=O)N([C@H]2C3CC4CC2C[C@](C)(C4)C3)N1c1cccc(Cl)c1Cl. The first-order valence-electron chi connectivity index (χ1n) is 9.79. The fraction of sp³-hybridized carbons (Fsp3) is 0.667. The van der Waals surface area contributed by atoms with Gasteiger partial charge in [-0.3, -0.25) is 9.80 Å². The minimum absolute atomic E-state index is 0.219. The average molecular weight is 393 g/mol.